The topological polar surface area (TPSA) is 39.8 Å². The van der Waals surface area contributed by atoms with Gasteiger partial charge >= 0.3 is 0 Å². The molecule has 0 amide bonds. The van der Waals surface area contributed by atoms with E-state index in [0.717, 1.165) is 18.5 Å². The Hall–Kier alpha value is -1.84. The van der Waals surface area contributed by atoms with Crippen LogP contribution in [-0.4, -0.2) is 20.1 Å². The molecule has 4 nitrogen and oxygen atoms in total. The monoisotopic (exact) mass is 271 g/mol. The second kappa shape index (κ2) is 4.33. The van der Waals surface area contributed by atoms with E-state index in [2.05, 4.69) is 30.4 Å². The van der Waals surface area contributed by atoms with Gasteiger partial charge in [-0.3, -0.25) is 9.48 Å². The lowest BCUT2D eigenvalue weighted by molar-refractivity contribution is 0.0910. The number of hydrogen-bond acceptors (Lipinski definition) is 2. The molecule has 0 bridgehead atoms. The molecule has 2 aromatic heterocycles. The molecule has 1 aliphatic carbocycles. The number of carbonyl (C=O) groups is 1. The highest BCUT2D eigenvalue weighted by Crippen LogP contribution is 2.35. The summed E-state index contributed by atoms with van der Waals surface area (Å²) in [5.74, 6) is 0.276. The number of Topliss-reactive ketones (excluding diaryl/α,β-unsaturated/α-hetero) is 1. The number of rotatable bonds is 2. The van der Waals surface area contributed by atoms with Gasteiger partial charge in [0, 0.05) is 42.2 Å². The fraction of sp³-hybridized carbons (Fsp3) is 0.500. The summed E-state index contributed by atoms with van der Waals surface area (Å²) < 4.78 is 4.10. The van der Waals surface area contributed by atoms with E-state index in [-0.39, 0.29) is 11.2 Å². The average Bonchev–Trinajstić information content (AvgIpc) is 2.87. The van der Waals surface area contributed by atoms with E-state index in [1.807, 2.05) is 30.2 Å². The summed E-state index contributed by atoms with van der Waals surface area (Å²) in [6.07, 6.45) is 5.56. The molecule has 0 spiro atoms. The Bertz CT molecular complexity index is 676. The van der Waals surface area contributed by atoms with Gasteiger partial charge in [-0.1, -0.05) is 13.8 Å². The molecule has 1 aliphatic rings. The minimum absolute atomic E-state index is 0.0597. The summed E-state index contributed by atoms with van der Waals surface area (Å²) in [5.41, 5.74) is 4.53. The summed E-state index contributed by atoms with van der Waals surface area (Å²) in [6.45, 7) is 7.20. The van der Waals surface area contributed by atoms with Crippen LogP contribution in [0.5, 0.6) is 0 Å². The van der Waals surface area contributed by atoms with Crippen molar-refractivity contribution in [1.29, 1.82) is 0 Å². The molecule has 4 heteroatoms. The summed E-state index contributed by atoms with van der Waals surface area (Å²) in [5, 5.41) is 4.29. The molecule has 106 valence electrons. The first-order valence-corrected chi connectivity index (χ1v) is 7.06. The van der Waals surface area contributed by atoms with Crippen molar-refractivity contribution >= 4 is 5.78 Å². The van der Waals surface area contributed by atoms with E-state index in [1.165, 1.54) is 17.0 Å². The SMILES string of the molecule is Cc1c(Cn2ccc3c2CC(C)(C)CC3=O)cnn1C. The smallest absolute Gasteiger partial charge is 0.165 e. The van der Waals surface area contributed by atoms with Crippen LogP contribution in [0.4, 0.5) is 0 Å². The first-order chi connectivity index (χ1) is 9.37. The molecule has 0 atom stereocenters. The highest BCUT2D eigenvalue weighted by Gasteiger charge is 2.32. The van der Waals surface area contributed by atoms with Crippen molar-refractivity contribution in [3.8, 4) is 0 Å². The molecule has 0 unspecified atom stereocenters. The van der Waals surface area contributed by atoms with E-state index in [0.29, 0.717) is 6.42 Å². The molecule has 0 fully saturated rings. The van der Waals surface area contributed by atoms with Gasteiger partial charge in [-0.2, -0.15) is 5.10 Å². The van der Waals surface area contributed by atoms with E-state index in [1.54, 1.807) is 0 Å². The maximum Gasteiger partial charge on any atom is 0.165 e. The molecular weight excluding hydrogens is 250 g/mol. The zero-order valence-electron chi connectivity index (χ0n) is 12.6. The Morgan fingerprint density at radius 1 is 1.35 bits per heavy atom. The Kier molecular flexibility index (Phi) is 2.85. The van der Waals surface area contributed by atoms with Crippen molar-refractivity contribution in [3.05, 3.63) is 41.0 Å². The van der Waals surface area contributed by atoms with Gasteiger partial charge in [0.25, 0.3) is 0 Å². The number of fused-ring (bicyclic) bond motifs is 1. The maximum atomic E-state index is 12.2. The Morgan fingerprint density at radius 3 is 2.75 bits per heavy atom. The number of aromatic nitrogens is 3. The van der Waals surface area contributed by atoms with Crippen molar-refractivity contribution in [3.63, 3.8) is 0 Å². The van der Waals surface area contributed by atoms with E-state index in [4.69, 9.17) is 0 Å². The molecular formula is C16H21N3O. The third kappa shape index (κ3) is 2.09. The van der Waals surface area contributed by atoms with Gasteiger partial charge in [0.05, 0.1) is 12.7 Å². The molecule has 0 aromatic carbocycles. The Labute approximate surface area is 119 Å². The maximum absolute atomic E-state index is 12.2. The lowest BCUT2D eigenvalue weighted by Gasteiger charge is -2.29. The largest absolute Gasteiger partial charge is 0.346 e. The zero-order chi connectivity index (χ0) is 14.5. The second-order valence-corrected chi connectivity index (χ2v) is 6.62. The fourth-order valence-corrected chi connectivity index (χ4v) is 3.03. The zero-order valence-corrected chi connectivity index (χ0v) is 12.6. The third-order valence-electron chi connectivity index (χ3n) is 4.34. The van der Waals surface area contributed by atoms with Gasteiger partial charge in [0.1, 0.15) is 0 Å². The molecule has 0 radical (unpaired) electrons. The summed E-state index contributed by atoms with van der Waals surface area (Å²) >= 11 is 0. The third-order valence-corrected chi connectivity index (χ3v) is 4.34. The normalized spacial score (nSPS) is 17.3. The fourth-order valence-electron chi connectivity index (χ4n) is 3.03. The van der Waals surface area contributed by atoms with Gasteiger partial charge in [-0.25, -0.2) is 0 Å². The number of hydrogen-bond donors (Lipinski definition) is 0. The first kappa shape index (κ1) is 13.2. The minimum atomic E-state index is 0.0597. The van der Waals surface area contributed by atoms with E-state index >= 15 is 0 Å². The van der Waals surface area contributed by atoms with Crippen molar-refractivity contribution in [1.82, 2.24) is 14.3 Å². The molecule has 0 saturated heterocycles. The lowest BCUT2D eigenvalue weighted by atomic mass is 9.76. The van der Waals surface area contributed by atoms with Crippen molar-refractivity contribution in [2.75, 3.05) is 0 Å². The van der Waals surface area contributed by atoms with Crippen LogP contribution < -0.4 is 0 Å². The summed E-state index contributed by atoms with van der Waals surface area (Å²) in [7, 11) is 1.95. The first-order valence-electron chi connectivity index (χ1n) is 7.06. The second-order valence-electron chi connectivity index (χ2n) is 6.62. The van der Waals surface area contributed by atoms with Crippen LogP contribution in [-0.2, 0) is 20.0 Å². The van der Waals surface area contributed by atoms with E-state index in [9.17, 15) is 4.79 Å². The highest BCUT2D eigenvalue weighted by molar-refractivity contribution is 5.98. The predicted octanol–water partition coefficient (Wildman–Crippen LogP) is 2.73. The number of aryl methyl sites for hydroxylation is 1. The molecule has 3 rings (SSSR count). The van der Waals surface area contributed by atoms with Gasteiger partial charge in [-0.15, -0.1) is 0 Å². The predicted molar refractivity (Wildman–Crippen MR) is 77.9 cm³/mol. The van der Waals surface area contributed by atoms with Crippen LogP contribution in [0.2, 0.25) is 0 Å². The quantitative estimate of drug-likeness (QED) is 0.842. The van der Waals surface area contributed by atoms with Gasteiger partial charge in [0.2, 0.25) is 0 Å². The van der Waals surface area contributed by atoms with Crippen LogP contribution in [0.3, 0.4) is 0 Å². The van der Waals surface area contributed by atoms with E-state index < -0.39 is 0 Å². The molecule has 0 saturated carbocycles. The number of carbonyl (C=O) groups excluding carboxylic acids is 1. The van der Waals surface area contributed by atoms with Crippen LogP contribution in [0.1, 0.15) is 47.6 Å². The molecule has 2 aromatic rings. The standard InChI is InChI=1S/C16H21N3O/c1-11-12(9-17-18(11)4)10-19-6-5-13-14(19)7-16(2,3)8-15(13)20/h5-6,9H,7-8,10H2,1-4H3. The number of ketones is 1. The van der Waals surface area contributed by atoms with Gasteiger partial charge in [-0.05, 0) is 24.8 Å². The Morgan fingerprint density at radius 2 is 2.10 bits per heavy atom. The average molecular weight is 271 g/mol. The summed E-state index contributed by atoms with van der Waals surface area (Å²) in [6, 6.07) is 1.97. The minimum Gasteiger partial charge on any atom is -0.346 e. The molecule has 0 N–H and O–H groups in total. The highest BCUT2D eigenvalue weighted by atomic mass is 16.1. The van der Waals surface area contributed by atoms with Gasteiger partial charge < -0.3 is 4.57 Å². The van der Waals surface area contributed by atoms with Crippen molar-refractivity contribution in [2.24, 2.45) is 12.5 Å². The molecule has 20 heavy (non-hydrogen) atoms. The number of nitrogens with zero attached hydrogens (tertiary/aromatic N) is 3. The van der Waals surface area contributed by atoms with Gasteiger partial charge in [0.15, 0.2) is 5.78 Å². The van der Waals surface area contributed by atoms with Crippen molar-refractivity contribution < 1.29 is 4.79 Å². The summed E-state index contributed by atoms with van der Waals surface area (Å²) in [4.78, 5) is 12.2. The van der Waals surface area contributed by atoms with Crippen molar-refractivity contribution in [2.45, 2.75) is 40.2 Å². The Balaban J connectivity index is 1.97. The van der Waals surface area contributed by atoms with Crippen LogP contribution >= 0.6 is 0 Å². The lowest BCUT2D eigenvalue weighted by Crippen LogP contribution is -2.28. The van der Waals surface area contributed by atoms with Crippen LogP contribution in [0.15, 0.2) is 18.5 Å². The van der Waals surface area contributed by atoms with Crippen LogP contribution in [0, 0.1) is 12.3 Å². The van der Waals surface area contributed by atoms with Crippen LogP contribution in [0.25, 0.3) is 0 Å². The molecule has 2 heterocycles. The molecule has 0 aliphatic heterocycles.